The lowest BCUT2D eigenvalue weighted by Gasteiger charge is -2.09. The molecular weight excluding hydrogens is 432 g/mol. The number of aryl methyl sites for hydroxylation is 1. The molecule has 3 rings (SSSR count). The Labute approximate surface area is 198 Å². The van der Waals surface area contributed by atoms with Crippen LogP contribution < -0.4 is 14.8 Å². The fourth-order valence-corrected chi connectivity index (χ4v) is 4.51. The number of nitrogens with one attached hydrogen (secondary N) is 2. The first-order valence-electron chi connectivity index (χ1n) is 11.7. The van der Waals surface area contributed by atoms with Gasteiger partial charge >= 0.3 is 0 Å². The molecule has 2 N–H and O–H groups in total. The van der Waals surface area contributed by atoms with Crippen LogP contribution in [0.1, 0.15) is 44.6 Å². The van der Waals surface area contributed by atoms with E-state index in [-0.39, 0.29) is 4.90 Å². The largest absolute Gasteiger partial charge is 0.457 e. The second kappa shape index (κ2) is 13.0. The second-order valence-electron chi connectivity index (χ2n) is 8.07. The fraction of sp³-hybridized carbons (Fsp3) is 0.333. The topological polar surface area (TPSA) is 67.4 Å². The molecule has 0 saturated heterocycles. The molecule has 6 heteroatoms. The smallest absolute Gasteiger partial charge is 0.240 e. The van der Waals surface area contributed by atoms with Crippen molar-refractivity contribution in [3.8, 4) is 11.5 Å². The zero-order chi connectivity index (χ0) is 23.4. The molecule has 0 bridgehead atoms. The average Bonchev–Trinajstić information content (AvgIpc) is 2.84. The van der Waals surface area contributed by atoms with Gasteiger partial charge in [0.25, 0.3) is 0 Å². The summed E-state index contributed by atoms with van der Waals surface area (Å²) in [4.78, 5) is 0.243. The van der Waals surface area contributed by atoms with E-state index in [2.05, 4.69) is 41.2 Å². The minimum atomic E-state index is -3.52. The molecule has 0 aliphatic carbocycles. The third-order valence-electron chi connectivity index (χ3n) is 5.36. The van der Waals surface area contributed by atoms with E-state index in [9.17, 15) is 8.42 Å². The molecule has 5 nitrogen and oxygen atoms in total. The molecule has 0 aliphatic heterocycles. The maximum Gasteiger partial charge on any atom is 0.240 e. The van der Waals surface area contributed by atoms with Crippen molar-refractivity contribution in [3.63, 3.8) is 0 Å². The Morgan fingerprint density at radius 3 is 2.09 bits per heavy atom. The summed E-state index contributed by atoms with van der Waals surface area (Å²) < 4.78 is 33.4. The van der Waals surface area contributed by atoms with Gasteiger partial charge in [0, 0.05) is 18.8 Å². The SMILES string of the molecule is CCCCc1ccc(NCCCCCNS(=O)(=O)c2ccc(Oc3ccccc3)cc2)cc1. The summed E-state index contributed by atoms with van der Waals surface area (Å²) in [6.07, 6.45) is 6.32. The summed E-state index contributed by atoms with van der Waals surface area (Å²) in [5.74, 6) is 1.31. The summed E-state index contributed by atoms with van der Waals surface area (Å²) >= 11 is 0. The summed E-state index contributed by atoms with van der Waals surface area (Å²) in [6, 6.07) is 24.5. The third-order valence-corrected chi connectivity index (χ3v) is 6.84. The molecule has 0 aliphatic rings. The van der Waals surface area contributed by atoms with Gasteiger partial charge < -0.3 is 10.1 Å². The molecule has 0 amide bonds. The number of benzene rings is 3. The molecule has 0 saturated carbocycles. The summed E-state index contributed by atoms with van der Waals surface area (Å²) in [6.45, 7) is 3.52. The number of para-hydroxylation sites is 1. The van der Waals surface area contributed by atoms with E-state index in [1.54, 1.807) is 24.3 Å². The van der Waals surface area contributed by atoms with Gasteiger partial charge in [0.05, 0.1) is 4.90 Å². The second-order valence-corrected chi connectivity index (χ2v) is 9.84. The molecule has 0 atom stereocenters. The van der Waals surface area contributed by atoms with E-state index in [4.69, 9.17) is 4.74 Å². The Kier molecular flexibility index (Phi) is 9.78. The highest BCUT2D eigenvalue weighted by Crippen LogP contribution is 2.22. The summed E-state index contributed by atoms with van der Waals surface area (Å²) in [5, 5.41) is 3.43. The maximum atomic E-state index is 12.5. The Bertz CT molecular complexity index is 1050. The Hall–Kier alpha value is -2.83. The molecular formula is C27H34N2O3S. The van der Waals surface area contributed by atoms with Crippen molar-refractivity contribution >= 4 is 15.7 Å². The van der Waals surface area contributed by atoms with Crippen molar-refractivity contribution in [1.29, 1.82) is 0 Å². The van der Waals surface area contributed by atoms with E-state index in [0.717, 1.165) is 37.9 Å². The molecule has 0 radical (unpaired) electrons. The highest BCUT2D eigenvalue weighted by Gasteiger charge is 2.13. The number of hydrogen-bond acceptors (Lipinski definition) is 4. The standard InChI is InChI=1S/C27H34N2O3S/c1-2-3-10-23-13-15-24(16-14-23)28-21-8-5-9-22-29-33(30,31)27-19-17-26(18-20-27)32-25-11-6-4-7-12-25/h4,6-7,11-20,28-29H,2-3,5,8-10,21-22H2,1H3. The monoisotopic (exact) mass is 466 g/mol. The highest BCUT2D eigenvalue weighted by molar-refractivity contribution is 7.89. The first-order chi connectivity index (χ1) is 16.1. The first-order valence-corrected chi connectivity index (χ1v) is 13.2. The zero-order valence-electron chi connectivity index (χ0n) is 19.3. The minimum absolute atomic E-state index is 0.243. The van der Waals surface area contributed by atoms with Crippen molar-refractivity contribution in [3.05, 3.63) is 84.4 Å². The van der Waals surface area contributed by atoms with E-state index in [1.165, 1.54) is 18.4 Å². The highest BCUT2D eigenvalue weighted by atomic mass is 32.2. The van der Waals surface area contributed by atoms with Crippen LogP contribution in [0, 0.1) is 0 Å². The molecule has 3 aromatic rings. The van der Waals surface area contributed by atoms with Crippen LogP contribution in [0.15, 0.2) is 83.8 Å². The van der Waals surface area contributed by atoms with E-state index < -0.39 is 10.0 Å². The summed E-state index contributed by atoms with van der Waals surface area (Å²) in [5.41, 5.74) is 2.52. The van der Waals surface area contributed by atoms with Crippen molar-refractivity contribution in [2.75, 3.05) is 18.4 Å². The molecule has 0 fully saturated rings. The Morgan fingerprint density at radius 2 is 1.39 bits per heavy atom. The van der Waals surface area contributed by atoms with E-state index in [1.807, 2.05) is 30.3 Å². The number of unbranched alkanes of at least 4 members (excludes halogenated alkanes) is 3. The molecule has 176 valence electrons. The number of anilines is 1. The van der Waals surface area contributed by atoms with Gasteiger partial charge in [0.15, 0.2) is 0 Å². The normalized spacial score (nSPS) is 11.3. The third kappa shape index (κ3) is 8.56. The molecule has 3 aromatic carbocycles. The molecule has 33 heavy (non-hydrogen) atoms. The molecule has 0 heterocycles. The predicted molar refractivity (Wildman–Crippen MR) is 136 cm³/mol. The lowest BCUT2D eigenvalue weighted by molar-refractivity contribution is 0.482. The lowest BCUT2D eigenvalue weighted by Crippen LogP contribution is -2.24. The van der Waals surface area contributed by atoms with Gasteiger partial charge in [-0.25, -0.2) is 13.1 Å². The van der Waals surface area contributed by atoms with Gasteiger partial charge in [0.2, 0.25) is 10.0 Å². The van der Waals surface area contributed by atoms with Crippen LogP contribution in [-0.2, 0) is 16.4 Å². The Morgan fingerprint density at radius 1 is 0.727 bits per heavy atom. The maximum absolute atomic E-state index is 12.5. The number of rotatable bonds is 14. The van der Waals surface area contributed by atoms with Gasteiger partial charge in [-0.05, 0) is 79.8 Å². The van der Waals surface area contributed by atoms with Gasteiger partial charge in [-0.1, -0.05) is 50.1 Å². The van der Waals surface area contributed by atoms with E-state index in [0.29, 0.717) is 18.0 Å². The van der Waals surface area contributed by atoms with Gasteiger partial charge in [-0.2, -0.15) is 0 Å². The average molecular weight is 467 g/mol. The van der Waals surface area contributed by atoms with Gasteiger partial charge in [-0.15, -0.1) is 0 Å². The minimum Gasteiger partial charge on any atom is -0.457 e. The van der Waals surface area contributed by atoms with Crippen molar-refractivity contribution < 1.29 is 13.2 Å². The van der Waals surface area contributed by atoms with Crippen LogP contribution in [-0.4, -0.2) is 21.5 Å². The van der Waals surface area contributed by atoms with Crippen molar-refractivity contribution in [2.24, 2.45) is 0 Å². The van der Waals surface area contributed by atoms with Crippen molar-refractivity contribution in [2.45, 2.75) is 50.3 Å². The molecule has 0 spiro atoms. The summed E-state index contributed by atoms with van der Waals surface area (Å²) in [7, 11) is -3.52. The van der Waals surface area contributed by atoms with Crippen LogP contribution in [0.25, 0.3) is 0 Å². The zero-order valence-corrected chi connectivity index (χ0v) is 20.1. The number of sulfonamides is 1. The lowest BCUT2D eigenvalue weighted by atomic mass is 10.1. The van der Waals surface area contributed by atoms with Crippen LogP contribution in [0.5, 0.6) is 11.5 Å². The number of hydrogen-bond donors (Lipinski definition) is 2. The van der Waals surface area contributed by atoms with E-state index >= 15 is 0 Å². The van der Waals surface area contributed by atoms with Crippen LogP contribution in [0.3, 0.4) is 0 Å². The van der Waals surface area contributed by atoms with Gasteiger partial charge in [-0.3, -0.25) is 0 Å². The quantitative estimate of drug-likeness (QED) is 0.270. The first kappa shape index (κ1) is 24.8. The Balaban J connectivity index is 1.32. The van der Waals surface area contributed by atoms with Crippen molar-refractivity contribution in [1.82, 2.24) is 4.72 Å². The van der Waals surface area contributed by atoms with Crippen LogP contribution >= 0.6 is 0 Å². The molecule has 0 aromatic heterocycles. The predicted octanol–water partition coefficient (Wildman–Crippen LogP) is 6.38. The van der Waals surface area contributed by atoms with Gasteiger partial charge in [0.1, 0.15) is 11.5 Å². The van der Waals surface area contributed by atoms with Crippen LogP contribution in [0.2, 0.25) is 0 Å². The molecule has 0 unspecified atom stereocenters. The van der Waals surface area contributed by atoms with Crippen LogP contribution in [0.4, 0.5) is 5.69 Å². The number of ether oxygens (including phenoxy) is 1. The fourth-order valence-electron chi connectivity index (χ4n) is 3.43.